The van der Waals surface area contributed by atoms with Crippen LogP contribution in [0, 0.1) is 26.7 Å². The molecule has 2 N–H and O–H groups in total. The molecule has 0 saturated carbocycles. The number of benzene rings is 1. The van der Waals surface area contributed by atoms with Crippen molar-refractivity contribution in [2.24, 2.45) is 5.92 Å². The number of para-hydroxylation sites is 1. The second-order valence-corrected chi connectivity index (χ2v) is 6.81. The minimum atomic E-state index is -0.114. The lowest BCUT2D eigenvalue weighted by molar-refractivity contribution is 0.636. The molecule has 0 amide bonds. The summed E-state index contributed by atoms with van der Waals surface area (Å²) in [5.74, 6) is 1.19. The number of nitrogens with one attached hydrogen (secondary N) is 2. The van der Waals surface area contributed by atoms with E-state index in [2.05, 4.69) is 39.1 Å². The molecule has 0 saturated heterocycles. The van der Waals surface area contributed by atoms with Gasteiger partial charge in [0.25, 0.3) is 5.56 Å². The Morgan fingerprint density at radius 3 is 2.52 bits per heavy atom. The third-order valence-corrected chi connectivity index (χ3v) is 4.18. The van der Waals surface area contributed by atoms with Crippen LogP contribution in [0.25, 0.3) is 10.9 Å². The van der Waals surface area contributed by atoms with E-state index in [0.717, 1.165) is 33.4 Å². The third kappa shape index (κ3) is 3.52. The van der Waals surface area contributed by atoms with Crippen molar-refractivity contribution < 1.29 is 0 Å². The molecule has 0 unspecified atom stereocenters. The van der Waals surface area contributed by atoms with Crippen LogP contribution in [0.2, 0.25) is 0 Å². The number of aryl methyl sites for hydroxylation is 3. The van der Waals surface area contributed by atoms with Gasteiger partial charge in [-0.15, -0.1) is 0 Å². The average Bonchev–Trinajstić information content (AvgIpc) is 2.52. The van der Waals surface area contributed by atoms with Crippen molar-refractivity contribution in [3.05, 3.63) is 51.1 Å². The van der Waals surface area contributed by atoms with Gasteiger partial charge in [-0.2, -0.15) is 0 Å². The average molecular weight is 337 g/mol. The van der Waals surface area contributed by atoms with E-state index >= 15 is 0 Å². The normalized spacial score (nSPS) is 11.3. The minimum absolute atomic E-state index is 0.114. The molecular weight excluding hydrogens is 314 g/mol. The second kappa shape index (κ2) is 6.63. The number of aromatic nitrogens is 4. The predicted molar refractivity (Wildman–Crippen MR) is 100 cm³/mol. The summed E-state index contributed by atoms with van der Waals surface area (Å²) in [4.78, 5) is 28.7. The number of aromatic amines is 1. The Morgan fingerprint density at radius 2 is 1.84 bits per heavy atom. The molecule has 6 nitrogen and oxygen atoms in total. The highest BCUT2D eigenvalue weighted by Gasteiger charge is 2.12. The number of H-pyrrole nitrogens is 1. The van der Waals surface area contributed by atoms with Crippen LogP contribution in [0.5, 0.6) is 0 Å². The molecule has 0 aliphatic carbocycles. The summed E-state index contributed by atoms with van der Waals surface area (Å²) in [7, 11) is 0. The molecule has 130 valence electrons. The van der Waals surface area contributed by atoms with E-state index in [-0.39, 0.29) is 5.56 Å². The fraction of sp³-hybridized carbons (Fsp3) is 0.368. The molecule has 0 atom stereocenters. The van der Waals surface area contributed by atoms with E-state index in [1.807, 2.05) is 39.0 Å². The fourth-order valence-electron chi connectivity index (χ4n) is 2.93. The molecule has 6 heteroatoms. The first-order chi connectivity index (χ1) is 11.8. The third-order valence-electron chi connectivity index (χ3n) is 4.18. The van der Waals surface area contributed by atoms with Crippen LogP contribution < -0.4 is 10.9 Å². The van der Waals surface area contributed by atoms with E-state index in [0.29, 0.717) is 24.2 Å². The summed E-state index contributed by atoms with van der Waals surface area (Å²) in [5.41, 5.74) is 4.20. The van der Waals surface area contributed by atoms with Crippen molar-refractivity contribution in [3.63, 3.8) is 0 Å². The Kier molecular flexibility index (Phi) is 4.53. The minimum Gasteiger partial charge on any atom is -0.294 e. The quantitative estimate of drug-likeness (QED) is 0.760. The zero-order valence-corrected chi connectivity index (χ0v) is 15.3. The van der Waals surface area contributed by atoms with Gasteiger partial charge < -0.3 is 0 Å². The highest BCUT2D eigenvalue weighted by molar-refractivity contribution is 5.84. The van der Waals surface area contributed by atoms with Gasteiger partial charge in [-0.25, -0.2) is 15.0 Å². The summed E-state index contributed by atoms with van der Waals surface area (Å²) in [6, 6.07) is 6.02. The van der Waals surface area contributed by atoms with Gasteiger partial charge in [0, 0.05) is 16.6 Å². The number of hydrogen-bond donors (Lipinski definition) is 2. The highest BCUT2D eigenvalue weighted by atomic mass is 16.1. The number of nitrogens with zero attached hydrogens (tertiary/aromatic N) is 3. The van der Waals surface area contributed by atoms with Gasteiger partial charge in [0.2, 0.25) is 11.9 Å². The molecule has 3 aromatic rings. The number of anilines is 2. The van der Waals surface area contributed by atoms with Crippen LogP contribution in [0.1, 0.15) is 36.4 Å². The Balaban J connectivity index is 1.99. The first kappa shape index (κ1) is 17.1. The van der Waals surface area contributed by atoms with Crippen LogP contribution in [-0.4, -0.2) is 19.9 Å². The van der Waals surface area contributed by atoms with Gasteiger partial charge in [-0.1, -0.05) is 32.0 Å². The van der Waals surface area contributed by atoms with Crippen molar-refractivity contribution in [1.82, 2.24) is 19.9 Å². The number of rotatable bonds is 4. The van der Waals surface area contributed by atoms with Gasteiger partial charge in [-0.3, -0.25) is 15.1 Å². The lowest BCUT2D eigenvalue weighted by atomic mass is 10.0. The Hall–Kier alpha value is -2.76. The van der Waals surface area contributed by atoms with Crippen LogP contribution in [0.3, 0.4) is 0 Å². The standard InChI is InChI=1S/C19H23N5O/c1-10(2)9-15-13(5)21-19(23-17(15)25)24-18-20-12(4)14-8-6-7-11(3)16(14)22-18/h6-8,10H,9H2,1-5H3,(H2,20,21,22,23,24,25). The van der Waals surface area contributed by atoms with Crippen LogP contribution in [-0.2, 0) is 6.42 Å². The molecule has 1 aromatic carbocycles. The Labute approximate surface area is 146 Å². The van der Waals surface area contributed by atoms with E-state index in [1.54, 1.807) is 0 Å². The molecule has 2 aromatic heterocycles. The smallest absolute Gasteiger partial charge is 0.255 e. The van der Waals surface area contributed by atoms with Gasteiger partial charge in [0.1, 0.15) is 0 Å². The van der Waals surface area contributed by atoms with Crippen molar-refractivity contribution in [3.8, 4) is 0 Å². The molecule has 0 spiro atoms. The molecule has 0 bridgehead atoms. The Bertz CT molecular complexity index is 991. The lowest BCUT2D eigenvalue weighted by Crippen LogP contribution is -2.20. The zero-order chi connectivity index (χ0) is 18.1. The molecule has 0 fully saturated rings. The largest absolute Gasteiger partial charge is 0.294 e. The zero-order valence-electron chi connectivity index (χ0n) is 15.3. The maximum atomic E-state index is 12.3. The summed E-state index contributed by atoms with van der Waals surface area (Å²) < 4.78 is 0. The summed E-state index contributed by atoms with van der Waals surface area (Å²) in [6.45, 7) is 9.98. The SMILES string of the molecule is Cc1nc(Nc2nc(C)c3cccc(C)c3n2)[nH]c(=O)c1CC(C)C. The van der Waals surface area contributed by atoms with Gasteiger partial charge in [0.15, 0.2) is 0 Å². The maximum absolute atomic E-state index is 12.3. The number of fused-ring (bicyclic) bond motifs is 1. The second-order valence-electron chi connectivity index (χ2n) is 6.81. The summed E-state index contributed by atoms with van der Waals surface area (Å²) in [5, 5.41) is 4.06. The van der Waals surface area contributed by atoms with Crippen molar-refractivity contribution in [1.29, 1.82) is 0 Å². The van der Waals surface area contributed by atoms with Crippen molar-refractivity contribution in [2.45, 2.75) is 41.0 Å². The fourth-order valence-corrected chi connectivity index (χ4v) is 2.93. The molecule has 2 heterocycles. The van der Waals surface area contributed by atoms with E-state index in [4.69, 9.17) is 0 Å². The molecule has 0 aliphatic heterocycles. The molecule has 0 aliphatic rings. The summed E-state index contributed by atoms with van der Waals surface area (Å²) >= 11 is 0. The van der Waals surface area contributed by atoms with E-state index in [1.165, 1.54) is 0 Å². The van der Waals surface area contributed by atoms with Gasteiger partial charge in [-0.05, 0) is 38.7 Å². The summed E-state index contributed by atoms with van der Waals surface area (Å²) in [6.07, 6.45) is 0.708. The maximum Gasteiger partial charge on any atom is 0.255 e. The first-order valence-electron chi connectivity index (χ1n) is 8.46. The van der Waals surface area contributed by atoms with E-state index < -0.39 is 0 Å². The topological polar surface area (TPSA) is 83.6 Å². The van der Waals surface area contributed by atoms with Gasteiger partial charge in [0.05, 0.1) is 11.2 Å². The van der Waals surface area contributed by atoms with Crippen LogP contribution in [0.4, 0.5) is 11.9 Å². The van der Waals surface area contributed by atoms with Crippen molar-refractivity contribution >= 4 is 22.8 Å². The molecule has 25 heavy (non-hydrogen) atoms. The molecule has 3 rings (SSSR count). The van der Waals surface area contributed by atoms with Crippen molar-refractivity contribution in [2.75, 3.05) is 5.32 Å². The Morgan fingerprint density at radius 1 is 1.08 bits per heavy atom. The molecular formula is C19H23N5O. The predicted octanol–water partition coefficient (Wildman–Crippen LogP) is 3.58. The molecule has 0 radical (unpaired) electrons. The number of hydrogen-bond acceptors (Lipinski definition) is 5. The monoisotopic (exact) mass is 337 g/mol. The lowest BCUT2D eigenvalue weighted by Gasteiger charge is -2.11. The van der Waals surface area contributed by atoms with E-state index in [9.17, 15) is 4.79 Å². The first-order valence-corrected chi connectivity index (χ1v) is 8.46. The van der Waals surface area contributed by atoms with Crippen LogP contribution in [0.15, 0.2) is 23.0 Å². The highest BCUT2D eigenvalue weighted by Crippen LogP contribution is 2.21. The van der Waals surface area contributed by atoms with Gasteiger partial charge >= 0.3 is 0 Å². The van der Waals surface area contributed by atoms with Crippen LogP contribution >= 0.6 is 0 Å².